The van der Waals surface area contributed by atoms with E-state index in [2.05, 4.69) is 19.7 Å². The van der Waals surface area contributed by atoms with E-state index in [0.717, 1.165) is 24.2 Å². The van der Waals surface area contributed by atoms with Gasteiger partial charge >= 0.3 is 210 Å². The summed E-state index contributed by atoms with van der Waals surface area (Å²) in [7, 11) is 11.0. The molecule has 11 heteroatoms. The van der Waals surface area contributed by atoms with Gasteiger partial charge in [0.15, 0.2) is 0 Å². The van der Waals surface area contributed by atoms with Crippen LogP contribution in [0.15, 0.2) is 28.7 Å². The Morgan fingerprint density at radius 1 is 1.19 bits per heavy atom. The standard InChI is InChI=1S/C31H43BN4O6/c1-6-30(8-7-9-30)14-34-13-16-12-19(37)21-17(23(16)35(2)3)10-15-11-18-24(36(4)5)26(39)22(29(33)41)27(32)31(18,42)28(40)20(15)25(21)38/h12,15,18,24,32,34,37,39-40,42H,6-11,13-14H2,1-5H3,(H2,33,41)/t15-,18-,24-,31+/m0/s1. The van der Waals surface area contributed by atoms with E-state index in [1.54, 1.807) is 25.1 Å². The third-order valence-electron chi connectivity index (χ3n) is 10.4. The number of aliphatic hydroxyl groups excluding tert-OH is 2. The predicted molar refractivity (Wildman–Crippen MR) is 163 cm³/mol. The molecule has 0 spiro atoms. The van der Waals surface area contributed by atoms with E-state index >= 15 is 0 Å². The number of likely N-dealkylation sites (N-methyl/N-ethyl adjacent to an activating group) is 1. The first-order chi connectivity index (χ1) is 19.7. The number of benzene rings is 1. The van der Waals surface area contributed by atoms with Gasteiger partial charge in [0.2, 0.25) is 0 Å². The van der Waals surface area contributed by atoms with Gasteiger partial charge in [-0.2, -0.15) is 0 Å². The molecular weight excluding hydrogens is 535 g/mol. The second kappa shape index (κ2) is 10.5. The summed E-state index contributed by atoms with van der Waals surface area (Å²) in [6, 6.07) is 0.752. The molecule has 0 bridgehead atoms. The maximum absolute atomic E-state index is 14.1. The fraction of sp³-hybridized carbons (Fsp3) is 0.581. The molecule has 4 aliphatic carbocycles. The van der Waals surface area contributed by atoms with Crippen molar-refractivity contribution >= 4 is 30.3 Å². The number of ketones is 1. The molecule has 1 aromatic rings. The number of anilines is 1. The number of aliphatic hydroxyl groups is 3. The Balaban J connectivity index is 1.60. The summed E-state index contributed by atoms with van der Waals surface area (Å²) in [5.74, 6) is -3.99. The van der Waals surface area contributed by atoms with E-state index in [9.17, 15) is 30.0 Å². The molecular formula is C31H43BN4O6. The second-order valence-electron chi connectivity index (χ2n) is 13.1. The number of nitrogens with zero attached hydrogens (tertiary/aromatic N) is 2. The van der Waals surface area contributed by atoms with Crippen LogP contribution in [-0.2, 0) is 17.8 Å². The number of carbonyl (C=O) groups is 2. The molecule has 4 aliphatic rings. The maximum atomic E-state index is 14.1. The van der Waals surface area contributed by atoms with Gasteiger partial charge in [-0.25, -0.2) is 0 Å². The van der Waals surface area contributed by atoms with Crippen LogP contribution in [0.2, 0.25) is 0 Å². The summed E-state index contributed by atoms with van der Waals surface area (Å²) in [6.45, 7) is 3.64. The summed E-state index contributed by atoms with van der Waals surface area (Å²) in [5, 5.41) is 49.6. The fourth-order valence-corrected chi connectivity index (χ4v) is 8.03. The normalized spacial score (nSPS) is 28.3. The predicted octanol–water partition coefficient (Wildman–Crippen LogP) is 1.36. The molecule has 7 N–H and O–H groups in total. The Kier molecular flexibility index (Phi) is 7.61. The number of carbonyl (C=O) groups excluding carboxylic acids is 2. The van der Waals surface area contributed by atoms with Gasteiger partial charge in [-0.05, 0) is 24.7 Å². The number of phenols is 1. The monoisotopic (exact) mass is 578 g/mol. The van der Waals surface area contributed by atoms with Crippen molar-refractivity contribution < 1.29 is 30.0 Å². The molecule has 42 heavy (non-hydrogen) atoms. The number of primary amides is 1. The molecule has 1 amide bonds. The van der Waals surface area contributed by atoms with Crippen LogP contribution in [0, 0.1) is 17.3 Å². The number of rotatable bonds is 8. The van der Waals surface area contributed by atoms with E-state index in [-0.39, 0.29) is 40.1 Å². The van der Waals surface area contributed by atoms with Gasteiger partial charge in [-0.15, -0.1) is 0 Å². The number of hydrogen-bond donors (Lipinski definition) is 6. The van der Waals surface area contributed by atoms with Gasteiger partial charge in [0.1, 0.15) is 0 Å². The van der Waals surface area contributed by atoms with Crippen LogP contribution in [0.3, 0.4) is 0 Å². The first kappa shape index (κ1) is 30.3. The zero-order chi connectivity index (χ0) is 30.9. The summed E-state index contributed by atoms with van der Waals surface area (Å²) < 4.78 is 0. The number of Topliss-reactive ketones (excluding diaryl/α,β-unsaturated/α-hetero) is 1. The van der Waals surface area contributed by atoms with Gasteiger partial charge in [-0.3, -0.25) is 0 Å². The zero-order valence-corrected chi connectivity index (χ0v) is 25.3. The molecule has 1 saturated carbocycles. The van der Waals surface area contributed by atoms with Crippen LogP contribution in [0.5, 0.6) is 5.75 Å². The fourth-order valence-electron chi connectivity index (χ4n) is 8.03. The van der Waals surface area contributed by atoms with E-state index in [1.165, 1.54) is 19.3 Å². The minimum atomic E-state index is -2.20. The molecule has 0 unspecified atom stereocenters. The molecule has 226 valence electrons. The van der Waals surface area contributed by atoms with Crippen LogP contribution in [-0.4, -0.2) is 96.3 Å². The van der Waals surface area contributed by atoms with Crippen molar-refractivity contribution in [2.45, 2.75) is 63.6 Å². The average Bonchev–Trinajstić information content (AvgIpc) is 2.87. The van der Waals surface area contributed by atoms with Crippen LogP contribution in [0.1, 0.15) is 60.5 Å². The molecule has 0 radical (unpaired) electrons. The summed E-state index contributed by atoms with van der Waals surface area (Å²) >= 11 is 0. The summed E-state index contributed by atoms with van der Waals surface area (Å²) in [4.78, 5) is 30.0. The van der Waals surface area contributed by atoms with Crippen molar-refractivity contribution in [2.24, 2.45) is 23.0 Å². The third-order valence-corrected chi connectivity index (χ3v) is 10.4. The van der Waals surface area contributed by atoms with Crippen molar-refractivity contribution in [2.75, 3.05) is 39.6 Å². The van der Waals surface area contributed by atoms with Gasteiger partial charge < -0.3 is 0 Å². The van der Waals surface area contributed by atoms with E-state index in [1.807, 2.05) is 19.0 Å². The molecule has 0 aliphatic heterocycles. The minimum absolute atomic E-state index is 0.00846. The first-order valence-electron chi connectivity index (χ1n) is 14.8. The van der Waals surface area contributed by atoms with Gasteiger partial charge in [0.25, 0.3) is 0 Å². The van der Waals surface area contributed by atoms with Gasteiger partial charge in [-0.1, -0.05) is 13.3 Å². The van der Waals surface area contributed by atoms with Gasteiger partial charge in [0.05, 0.1) is 0 Å². The van der Waals surface area contributed by atoms with Crippen molar-refractivity contribution in [3.8, 4) is 5.75 Å². The van der Waals surface area contributed by atoms with E-state index in [0.29, 0.717) is 23.9 Å². The van der Waals surface area contributed by atoms with E-state index < -0.39 is 40.9 Å². The van der Waals surface area contributed by atoms with Crippen LogP contribution in [0.4, 0.5) is 5.69 Å². The number of fused-ring (bicyclic) bond motifs is 3. The van der Waals surface area contributed by atoms with Gasteiger partial charge in [0, 0.05) is 0 Å². The quantitative estimate of drug-likeness (QED) is 0.251. The topological polar surface area (TPSA) is 160 Å². The summed E-state index contributed by atoms with van der Waals surface area (Å²) in [6.07, 6.45) is 5.33. The van der Waals surface area contributed by atoms with Crippen molar-refractivity contribution in [3.05, 3.63) is 45.4 Å². The van der Waals surface area contributed by atoms with Crippen molar-refractivity contribution in [3.63, 3.8) is 0 Å². The zero-order valence-electron chi connectivity index (χ0n) is 25.3. The number of hydrogen-bond acceptors (Lipinski definition) is 9. The first-order valence-corrected chi connectivity index (χ1v) is 14.8. The Labute approximate surface area is 248 Å². The molecule has 0 saturated heterocycles. The number of aromatic hydroxyl groups is 1. The molecule has 0 heterocycles. The van der Waals surface area contributed by atoms with Crippen LogP contribution >= 0.6 is 0 Å². The van der Waals surface area contributed by atoms with Crippen LogP contribution < -0.4 is 16.0 Å². The third kappa shape index (κ3) is 4.31. The Morgan fingerprint density at radius 3 is 2.38 bits per heavy atom. The number of nitrogens with one attached hydrogen (secondary N) is 1. The van der Waals surface area contributed by atoms with Crippen molar-refractivity contribution in [1.29, 1.82) is 0 Å². The van der Waals surface area contributed by atoms with E-state index in [4.69, 9.17) is 5.73 Å². The Morgan fingerprint density at radius 2 is 1.86 bits per heavy atom. The number of amides is 1. The Hall–Kier alpha value is -3.15. The second-order valence-corrected chi connectivity index (χ2v) is 13.1. The molecule has 1 fully saturated rings. The summed E-state index contributed by atoms with van der Waals surface area (Å²) in [5.41, 5.74) is 5.59. The number of nitrogens with two attached hydrogens (primary N) is 1. The average molecular weight is 579 g/mol. The van der Waals surface area contributed by atoms with Crippen LogP contribution in [0.25, 0.3) is 0 Å². The Bertz CT molecular complexity index is 1420. The van der Waals surface area contributed by atoms with Crippen molar-refractivity contribution in [1.82, 2.24) is 10.2 Å². The SMILES string of the molecule is B=C1C(C(N)=O)=C(O)[C@@H](N(C)C)[C@@H]2C[C@@H]3Cc4c(c(O)cc(CNCC5(CC)CCC5)c4N(C)C)C(=O)C3=C(O)[C@]12O. The molecule has 4 atom stereocenters. The molecule has 1 aromatic carbocycles. The number of allylic oxidation sites excluding steroid dienone is 1. The number of phenolic OH excluding ortho intramolecular Hbond substituents is 1. The molecule has 5 rings (SSSR count). The molecule has 10 nitrogen and oxygen atoms in total. The molecule has 0 aromatic heterocycles.